The number of rotatable bonds is 4. The lowest BCUT2D eigenvalue weighted by molar-refractivity contribution is 0.00727. The summed E-state index contributed by atoms with van der Waals surface area (Å²) in [6.07, 6.45) is 4.11. The summed E-state index contributed by atoms with van der Waals surface area (Å²) < 4.78 is 11.2. The Labute approximate surface area is 115 Å². The Morgan fingerprint density at radius 3 is 2.84 bits per heavy atom. The summed E-state index contributed by atoms with van der Waals surface area (Å²) in [5, 5.41) is 3.42. The highest BCUT2D eigenvalue weighted by molar-refractivity contribution is 5.20. The van der Waals surface area contributed by atoms with Crippen LogP contribution < -0.4 is 10.1 Å². The zero-order chi connectivity index (χ0) is 13.7. The van der Waals surface area contributed by atoms with Crippen molar-refractivity contribution >= 4 is 0 Å². The smallest absolute Gasteiger partial charge is 0.138 e. The molecule has 106 valence electrons. The Hall–Kier alpha value is -1.13. The van der Waals surface area contributed by atoms with E-state index in [1.165, 1.54) is 0 Å². The Morgan fingerprint density at radius 1 is 1.42 bits per heavy atom. The van der Waals surface area contributed by atoms with E-state index >= 15 is 0 Å². The number of ether oxygens (including phenoxy) is 2. The van der Waals surface area contributed by atoms with Gasteiger partial charge in [-0.3, -0.25) is 4.98 Å². The van der Waals surface area contributed by atoms with E-state index in [-0.39, 0.29) is 11.6 Å². The first kappa shape index (κ1) is 14.3. The van der Waals surface area contributed by atoms with Crippen LogP contribution in [0.4, 0.5) is 0 Å². The number of aromatic nitrogens is 1. The van der Waals surface area contributed by atoms with Gasteiger partial charge < -0.3 is 14.8 Å². The lowest BCUT2D eigenvalue weighted by Gasteiger charge is -2.23. The van der Waals surface area contributed by atoms with Crippen LogP contribution in [0, 0.1) is 0 Å². The van der Waals surface area contributed by atoms with Gasteiger partial charge in [0.25, 0.3) is 0 Å². The molecule has 4 heteroatoms. The van der Waals surface area contributed by atoms with Gasteiger partial charge in [0.2, 0.25) is 0 Å². The third-order valence-corrected chi connectivity index (χ3v) is 3.02. The van der Waals surface area contributed by atoms with E-state index in [0.29, 0.717) is 6.61 Å². The van der Waals surface area contributed by atoms with Gasteiger partial charge in [0.1, 0.15) is 11.9 Å². The van der Waals surface area contributed by atoms with Crippen LogP contribution >= 0.6 is 0 Å². The number of nitrogens with one attached hydrogen (secondary N) is 1. The van der Waals surface area contributed by atoms with Crippen LogP contribution in [0.2, 0.25) is 0 Å². The Morgan fingerprint density at radius 2 is 2.26 bits per heavy atom. The second-order valence-electron chi connectivity index (χ2n) is 6.05. The van der Waals surface area contributed by atoms with Crippen LogP contribution in [0.1, 0.15) is 39.3 Å². The molecule has 0 aliphatic carbocycles. The van der Waals surface area contributed by atoms with Crippen molar-refractivity contribution < 1.29 is 9.47 Å². The SMILES string of the molecule is CC(C)(C)NCc1ccc(OC2CCCOC2)cn1. The largest absolute Gasteiger partial charge is 0.486 e. The predicted molar refractivity (Wildman–Crippen MR) is 75.3 cm³/mol. The maximum atomic E-state index is 5.85. The van der Waals surface area contributed by atoms with E-state index < -0.39 is 0 Å². The number of pyridine rings is 1. The molecule has 2 rings (SSSR count). The second kappa shape index (κ2) is 6.35. The van der Waals surface area contributed by atoms with Gasteiger partial charge >= 0.3 is 0 Å². The van der Waals surface area contributed by atoms with Crippen LogP contribution in [0.15, 0.2) is 18.3 Å². The normalized spacial score (nSPS) is 20.3. The van der Waals surface area contributed by atoms with Gasteiger partial charge in [-0.05, 0) is 45.7 Å². The van der Waals surface area contributed by atoms with Gasteiger partial charge in [0.05, 0.1) is 18.5 Å². The van der Waals surface area contributed by atoms with Crippen molar-refractivity contribution in [1.29, 1.82) is 0 Å². The first-order valence-corrected chi connectivity index (χ1v) is 6.97. The summed E-state index contributed by atoms with van der Waals surface area (Å²) in [5.74, 6) is 0.829. The molecule has 19 heavy (non-hydrogen) atoms. The van der Waals surface area contributed by atoms with Crippen molar-refractivity contribution in [2.24, 2.45) is 0 Å². The average molecular weight is 264 g/mol. The lowest BCUT2D eigenvalue weighted by atomic mass is 10.1. The van der Waals surface area contributed by atoms with E-state index in [0.717, 1.165) is 37.4 Å². The fourth-order valence-corrected chi connectivity index (χ4v) is 1.94. The van der Waals surface area contributed by atoms with Crippen LogP contribution in [0.3, 0.4) is 0 Å². The minimum atomic E-state index is 0.107. The van der Waals surface area contributed by atoms with Crippen molar-refractivity contribution in [2.75, 3.05) is 13.2 Å². The molecule has 1 aliphatic rings. The molecule has 1 saturated heterocycles. The van der Waals surface area contributed by atoms with Gasteiger partial charge in [0.15, 0.2) is 0 Å². The van der Waals surface area contributed by atoms with E-state index in [1.807, 2.05) is 12.1 Å². The zero-order valence-electron chi connectivity index (χ0n) is 12.1. The molecule has 1 unspecified atom stereocenters. The van der Waals surface area contributed by atoms with Crippen LogP contribution in [-0.4, -0.2) is 29.8 Å². The Kier molecular flexibility index (Phi) is 4.77. The number of hydrogen-bond acceptors (Lipinski definition) is 4. The number of nitrogens with zero attached hydrogens (tertiary/aromatic N) is 1. The maximum absolute atomic E-state index is 5.85. The first-order chi connectivity index (χ1) is 9.03. The van der Waals surface area contributed by atoms with E-state index in [9.17, 15) is 0 Å². The Bertz CT molecular complexity index is 378. The molecule has 1 atom stereocenters. The molecule has 0 saturated carbocycles. The standard InChI is InChI=1S/C15H24N2O2/c1-15(2,3)17-9-12-6-7-13(10-16-12)19-14-5-4-8-18-11-14/h6-7,10,14,17H,4-5,8-9,11H2,1-3H3. The first-order valence-electron chi connectivity index (χ1n) is 6.97. The summed E-state index contributed by atoms with van der Waals surface area (Å²) in [6, 6.07) is 4.00. The predicted octanol–water partition coefficient (Wildman–Crippen LogP) is 2.53. The molecule has 1 fully saturated rings. The number of hydrogen-bond donors (Lipinski definition) is 1. The van der Waals surface area contributed by atoms with E-state index in [2.05, 4.69) is 31.1 Å². The van der Waals surface area contributed by atoms with Crippen molar-refractivity contribution in [1.82, 2.24) is 10.3 Å². The highest BCUT2D eigenvalue weighted by atomic mass is 16.5. The van der Waals surface area contributed by atoms with E-state index in [1.54, 1.807) is 6.20 Å². The molecule has 0 amide bonds. The van der Waals surface area contributed by atoms with Gasteiger partial charge in [-0.15, -0.1) is 0 Å². The molecule has 0 bridgehead atoms. The minimum absolute atomic E-state index is 0.107. The topological polar surface area (TPSA) is 43.4 Å². The van der Waals surface area contributed by atoms with Crippen molar-refractivity contribution in [3.8, 4) is 5.75 Å². The molecule has 0 spiro atoms. The van der Waals surface area contributed by atoms with Gasteiger partial charge in [0, 0.05) is 18.7 Å². The van der Waals surface area contributed by atoms with Crippen LogP contribution in [0.25, 0.3) is 0 Å². The van der Waals surface area contributed by atoms with Crippen molar-refractivity contribution in [3.05, 3.63) is 24.0 Å². The van der Waals surface area contributed by atoms with Crippen molar-refractivity contribution in [2.45, 2.75) is 51.8 Å². The molecule has 1 N–H and O–H groups in total. The molecular formula is C15H24N2O2. The average Bonchev–Trinajstić information content (AvgIpc) is 2.38. The quantitative estimate of drug-likeness (QED) is 0.907. The summed E-state index contributed by atoms with van der Waals surface area (Å²) in [5.41, 5.74) is 1.14. The van der Waals surface area contributed by atoms with E-state index in [4.69, 9.17) is 9.47 Å². The fourth-order valence-electron chi connectivity index (χ4n) is 1.94. The molecule has 1 aliphatic heterocycles. The van der Waals surface area contributed by atoms with Crippen LogP contribution in [0.5, 0.6) is 5.75 Å². The molecule has 0 radical (unpaired) electrons. The van der Waals surface area contributed by atoms with Crippen molar-refractivity contribution in [3.63, 3.8) is 0 Å². The highest BCUT2D eigenvalue weighted by Crippen LogP contribution is 2.16. The van der Waals surface area contributed by atoms with Crippen LogP contribution in [-0.2, 0) is 11.3 Å². The monoisotopic (exact) mass is 264 g/mol. The molecule has 2 heterocycles. The molecule has 1 aromatic rings. The Balaban J connectivity index is 1.83. The second-order valence-corrected chi connectivity index (χ2v) is 6.05. The zero-order valence-corrected chi connectivity index (χ0v) is 12.1. The van der Waals surface area contributed by atoms with Gasteiger partial charge in [-0.25, -0.2) is 0 Å². The fraction of sp³-hybridized carbons (Fsp3) is 0.667. The minimum Gasteiger partial charge on any atom is -0.486 e. The maximum Gasteiger partial charge on any atom is 0.138 e. The summed E-state index contributed by atoms with van der Waals surface area (Å²) in [4.78, 5) is 4.42. The lowest BCUT2D eigenvalue weighted by Crippen LogP contribution is -2.35. The molecule has 0 aromatic carbocycles. The molecular weight excluding hydrogens is 240 g/mol. The van der Waals surface area contributed by atoms with Gasteiger partial charge in [-0.2, -0.15) is 0 Å². The molecule has 1 aromatic heterocycles. The highest BCUT2D eigenvalue weighted by Gasteiger charge is 2.15. The summed E-state index contributed by atoms with van der Waals surface area (Å²) in [7, 11) is 0. The summed E-state index contributed by atoms with van der Waals surface area (Å²) >= 11 is 0. The summed E-state index contributed by atoms with van der Waals surface area (Å²) in [6.45, 7) is 8.76. The third-order valence-electron chi connectivity index (χ3n) is 3.02. The van der Waals surface area contributed by atoms with Gasteiger partial charge in [-0.1, -0.05) is 0 Å². The molecule has 4 nitrogen and oxygen atoms in total. The third kappa shape index (κ3) is 5.17.